The third-order valence-corrected chi connectivity index (χ3v) is 4.80. The molecule has 0 aliphatic rings. The van der Waals surface area contributed by atoms with Crippen LogP contribution < -0.4 is 20.2 Å². The molecular weight excluding hydrogens is 413 g/mol. The summed E-state index contributed by atoms with van der Waals surface area (Å²) in [6.45, 7) is 1.71. The second kappa shape index (κ2) is 9.34. The maximum absolute atomic E-state index is 13.0. The summed E-state index contributed by atoms with van der Waals surface area (Å²) in [4.78, 5) is 24.9. The van der Waals surface area contributed by atoms with Crippen molar-refractivity contribution in [3.8, 4) is 17.2 Å². The summed E-state index contributed by atoms with van der Waals surface area (Å²) in [5.41, 5.74) is 0.903. The summed E-state index contributed by atoms with van der Waals surface area (Å²) < 4.78 is 29.6. The second-order valence-corrected chi connectivity index (χ2v) is 7.13. The Hall–Kier alpha value is -4.13. The first-order valence-corrected chi connectivity index (χ1v) is 9.96. The highest BCUT2D eigenvalue weighted by Crippen LogP contribution is 2.24. The molecule has 7 heteroatoms. The fourth-order valence-electron chi connectivity index (χ4n) is 3.14. The van der Waals surface area contributed by atoms with Crippen molar-refractivity contribution >= 4 is 16.9 Å². The number of fused-ring (bicyclic) bond motifs is 1. The molecule has 1 aromatic heterocycles. The Balaban J connectivity index is 1.41. The number of benzene rings is 3. The number of ether oxygens (including phenoxy) is 2. The van der Waals surface area contributed by atoms with Gasteiger partial charge in [-0.3, -0.25) is 9.59 Å². The van der Waals surface area contributed by atoms with Crippen LogP contribution in [0.2, 0.25) is 0 Å². The third-order valence-electron chi connectivity index (χ3n) is 4.80. The number of halogens is 1. The van der Waals surface area contributed by atoms with Crippen LogP contribution in [0.3, 0.4) is 0 Å². The molecule has 1 heterocycles. The number of nitrogens with one attached hydrogen (secondary N) is 1. The molecule has 0 spiro atoms. The molecule has 4 aromatic rings. The first kappa shape index (κ1) is 21.1. The van der Waals surface area contributed by atoms with Gasteiger partial charge in [-0.1, -0.05) is 30.3 Å². The lowest BCUT2D eigenvalue weighted by molar-refractivity contribution is -0.123. The van der Waals surface area contributed by atoms with Crippen molar-refractivity contribution in [2.24, 2.45) is 0 Å². The summed E-state index contributed by atoms with van der Waals surface area (Å²) in [6.07, 6.45) is 1.19. The molecular formula is C25H20FNO5. The topological polar surface area (TPSA) is 77.8 Å². The zero-order chi connectivity index (χ0) is 22.5. The molecule has 0 fully saturated rings. The van der Waals surface area contributed by atoms with E-state index in [1.54, 1.807) is 12.1 Å². The van der Waals surface area contributed by atoms with Crippen LogP contribution >= 0.6 is 0 Å². The highest BCUT2D eigenvalue weighted by atomic mass is 19.1. The summed E-state index contributed by atoms with van der Waals surface area (Å²) in [5, 5.41) is 3.16. The molecule has 0 saturated carbocycles. The predicted molar refractivity (Wildman–Crippen MR) is 117 cm³/mol. The molecule has 32 heavy (non-hydrogen) atoms. The zero-order valence-electron chi connectivity index (χ0n) is 17.2. The number of amides is 1. The molecule has 0 unspecified atom stereocenters. The Kier molecular flexibility index (Phi) is 6.17. The van der Waals surface area contributed by atoms with Crippen LogP contribution in [0.5, 0.6) is 17.2 Å². The van der Waals surface area contributed by atoms with E-state index in [4.69, 9.17) is 13.9 Å². The highest BCUT2D eigenvalue weighted by molar-refractivity contribution is 5.80. The molecule has 1 N–H and O–H groups in total. The van der Waals surface area contributed by atoms with Gasteiger partial charge in [0.2, 0.25) is 11.2 Å². The molecule has 6 nitrogen and oxygen atoms in total. The summed E-state index contributed by atoms with van der Waals surface area (Å²) in [6, 6.07) is 19.4. The van der Waals surface area contributed by atoms with E-state index in [2.05, 4.69) is 5.32 Å². The van der Waals surface area contributed by atoms with Crippen LogP contribution in [0.15, 0.2) is 88.3 Å². The monoisotopic (exact) mass is 433 g/mol. The molecule has 0 bridgehead atoms. The first-order valence-electron chi connectivity index (χ1n) is 9.96. The average Bonchev–Trinajstić information content (AvgIpc) is 2.81. The van der Waals surface area contributed by atoms with Gasteiger partial charge >= 0.3 is 0 Å². The van der Waals surface area contributed by atoms with Gasteiger partial charge in [0.15, 0.2) is 6.61 Å². The predicted octanol–water partition coefficient (Wildman–Crippen LogP) is 4.98. The van der Waals surface area contributed by atoms with Crippen LogP contribution in [0, 0.1) is 5.82 Å². The molecule has 4 rings (SSSR count). The van der Waals surface area contributed by atoms with Crippen molar-refractivity contribution in [2.45, 2.75) is 13.0 Å². The molecule has 0 radical (unpaired) electrons. The number of carbonyl (C=O) groups excluding carboxylic acids is 1. The zero-order valence-corrected chi connectivity index (χ0v) is 17.2. The lowest BCUT2D eigenvalue weighted by Gasteiger charge is -2.14. The molecule has 0 aliphatic carbocycles. The Morgan fingerprint density at radius 1 is 1.03 bits per heavy atom. The van der Waals surface area contributed by atoms with Crippen LogP contribution in [-0.2, 0) is 4.79 Å². The summed E-state index contributed by atoms with van der Waals surface area (Å²) >= 11 is 0. The number of hydrogen-bond acceptors (Lipinski definition) is 5. The van der Waals surface area contributed by atoms with Gasteiger partial charge in [-0.15, -0.1) is 0 Å². The van der Waals surface area contributed by atoms with Crippen LogP contribution in [0.25, 0.3) is 11.0 Å². The number of carbonyl (C=O) groups is 1. The number of rotatable bonds is 7. The van der Waals surface area contributed by atoms with Gasteiger partial charge < -0.3 is 19.2 Å². The van der Waals surface area contributed by atoms with E-state index in [-0.39, 0.29) is 35.3 Å². The molecule has 1 atom stereocenters. The SMILES string of the molecule is C[C@H](NC(=O)COc1ccc2c(=O)c(Oc3ccc(F)cc3)coc2c1)c1ccccc1. The van der Waals surface area contributed by atoms with Crippen LogP contribution in [0.1, 0.15) is 18.5 Å². The van der Waals surface area contributed by atoms with Gasteiger partial charge in [0.1, 0.15) is 29.2 Å². The van der Waals surface area contributed by atoms with E-state index in [1.807, 2.05) is 37.3 Å². The number of hydrogen-bond donors (Lipinski definition) is 1. The Morgan fingerprint density at radius 2 is 1.75 bits per heavy atom. The standard InChI is InChI=1S/C25H20FNO5/c1-16(17-5-3-2-4-6-17)27-24(28)15-30-20-11-12-21-22(13-20)31-14-23(25(21)29)32-19-9-7-18(26)8-10-19/h2-14,16H,15H2,1H3,(H,27,28)/t16-/m0/s1. The second-order valence-electron chi connectivity index (χ2n) is 7.13. The van der Waals surface area contributed by atoms with Crippen LogP contribution in [-0.4, -0.2) is 12.5 Å². The van der Waals surface area contributed by atoms with Crippen molar-refractivity contribution < 1.29 is 23.1 Å². The normalized spacial score (nSPS) is 11.7. The van der Waals surface area contributed by atoms with Gasteiger partial charge in [-0.25, -0.2) is 4.39 Å². The van der Waals surface area contributed by atoms with Crippen molar-refractivity contribution in [1.82, 2.24) is 5.32 Å². The van der Waals surface area contributed by atoms with Crippen molar-refractivity contribution in [3.05, 3.63) is 101 Å². The lowest BCUT2D eigenvalue weighted by Crippen LogP contribution is -2.31. The Labute approximate surface area is 183 Å². The van der Waals surface area contributed by atoms with Gasteiger partial charge in [0, 0.05) is 6.07 Å². The van der Waals surface area contributed by atoms with Crippen molar-refractivity contribution in [1.29, 1.82) is 0 Å². The van der Waals surface area contributed by atoms with E-state index in [9.17, 15) is 14.0 Å². The minimum atomic E-state index is -0.404. The van der Waals surface area contributed by atoms with E-state index in [1.165, 1.54) is 36.6 Å². The van der Waals surface area contributed by atoms with E-state index >= 15 is 0 Å². The molecule has 162 valence electrons. The van der Waals surface area contributed by atoms with Gasteiger partial charge in [0.25, 0.3) is 5.91 Å². The van der Waals surface area contributed by atoms with Gasteiger partial charge in [0.05, 0.1) is 11.4 Å². The third kappa shape index (κ3) is 4.95. The fraction of sp³-hybridized carbons (Fsp3) is 0.120. The van der Waals surface area contributed by atoms with E-state index in [0.29, 0.717) is 16.9 Å². The molecule has 0 saturated heterocycles. The lowest BCUT2D eigenvalue weighted by atomic mass is 10.1. The smallest absolute Gasteiger partial charge is 0.258 e. The van der Waals surface area contributed by atoms with Gasteiger partial charge in [-0.05, 0) is 48.9 Å². The van der Waals surface area contributed by atoms with Gasteiger partial charge in [-0.2, -0.15) is 0 Å². The Bertz CT molecular complexity index is 1290. The summed E-state index contributed by atoms with van der Waals surface area (Å²) in [7, 11) is 0. The first-order chi connectivity index (χ1) is 15.5. The van der Waals surface area contributed by atoms with E-state index in [0.717, 1.165) is 5.56 Å². The Morgan fingerprint density at radius 3 is 2.50 bits per heavy atom. The molecule has 1 amide bonds. The quantitative estimate of drug-likeness (QED) is 0.445. The highest BCUT2D eigenvalue weighted by Gasteiger charge is 2.12. The largest absolute Gasteiger partial charge is 0.484 e. The minimum Gasteiger partial charge on any atom is -0.484 e. The van der Waals surface area contributed by atoms with Crippen molar-refractivity contribution in [2.75, 3.05) is 6.61 Å². The van der Waals surface area contributed by atoms with E-state index < -0.39 is 5.82 Å². The molecule has 0 aliphatic heterocycles. The van der Waals surface area contributed by atoms with Crippen molar-refractivity contribution in [3.63, 3.8) is 0 Å². The molecule has 3 aromatic carbocycles. The maximum atomic E-state index is 13.0. The summed E-state index contributed by atoms with van der Waals surface area (Å²) in [5.74, 6) is 0.000691. The minimum absolute atomic E-state index is 0.0212. The van der Waals surface area contributed by atoms with Crippen LogP contribution in [0.4, 0.5) is 4.39 Å². The fourth-order valence-corrected chi connectivity index (χ4v) is 3.14. The maximum Gasteiger partial charge on any atom is 0.258 e. The average molecular weight is 433 g/mol.